The average molecular weight is 302 g/mol. The molecule has 1 aromatic heterocycles. The molecule has 0 saturated carbocycles. The zero-order valence-electron chi connectivity index (χ0n) is 13.0. The van der Waals surface area contributed by atoms with Gasteiger partial charge in [-0.1, -0.05) is 19.1 Å². The van der Waals surface area contributed by atoms with Crippen molar-refractivity contribution in [1.29, 1.82) is 0 Å². The third kappa shape index (κ3) is 3.13. The highest BCUT2D eigenvalue weighted by Crippen LogP contribution is 2.34. The van der Waals surface area contributed by atoms with Gasteiger partial charge in [-0.2, -0.15) is 5.10 Å². The number of aromatic amines is 1. The van der Waals surface area contributed by atoms with Crippen molar-refractivity contribution in [3.8, 4) is 5.75 Å². The molecule has 118 valence electrons. The molecular formula is C16H22N4O2. The van der Waals surface area contributed by atoms with Crippen LogP contribution in [-0.4, -0.2) is 44.9 Å². The monoisotopic (exact) mass is 302 g/mol. The number of nitrogens with zero attached hydrogens (tertiary/aromatic N) is 3. The van der Waals surface area contributed by atoms with Gasteiger partial charge in [0, 0.05) is 19.0 Å². The van der Waals surface area contributed by atoms with Crippen LogP contribution in [0.4, 0.5) is 0 Å². The molecule has 6 heteroatoms. The molecule has 1 aliphatic rings. The Balaban J connectivity index is 1.79. The first-order chi connectivity index (χ1) is 10.7. The van der Waals surface area contributed by atoms with Crippen LogP contribution in [0.5, 0.6) is 5.75 Å². The highest BCUT2D eigenvalue weighted by atomic mass is 16.5. The first kappa shape index (κ1) is 15.0. The van der Waals surface area contributed by atoms with Crippen LogP contribution in [0, 0.1) is 0 Å². The molecule has 1 saturated heterocycles. The zero-order chi connectivity index (χ0) is 15.5. The number of rotatable bonds is 5. The van der Waals surface area contributed by atoms with Crippen molar-refractivity contribution in [2.75, 3.05) is 13.7 Å². The van der Waals surface area contributed by atoms with Gasteiger partial charge in [-0.05, 0) is 24.1 Å². The van der Waals surface area contributed by atoms with Crippen molar-refractivity contribution >= 4 is 0 Å². The Morgan fingerprint density at radius 3 is 3.05 bits per heavy atom. The first-order valence-corrected chi connectivity index (χ1v) is 7.65. The Hall–Kier alpha value is -1.92. The Morgan fingerprint density at radius 1 is 1.45 bits per heavy atom. The van der Waals surface area contributed by atoms with E-state index in [1.165, 1.54) is 0 Å². The third-order valence-corrected chi connectivity index (χ3v) is 4.11. The second-order valence-corrected chi connectivity index (χ2v) is 5.66. The lowest BCUT2D eigenvalue weighted by atomic mass is 10.0. The van der Waals surface area contributed by atoms with E-state index >= 15 is 0 Å². The molecule has 0 aliphatic carbocycles. The number of β-amino-alcohol motifs (C(OH)–C–C–N with tert-alkyl or cyclic N) is 1. The number of aryl methyl sites for hydroxylation is 1. The number of aromatic nitrogens is 3. The number of benzene rings is 1. The minimum absolute atomic E-state index is 0.167. The molecule has 1 aliphatic heterocycles. The molecule has 1 fully saturated rings. The zero-order valence-corrected chi connectivity index (χ0v) is 13.0. The van der Waals surface area contributed by atoms with Crippen molar-refractivity contribution in [3.63, 3.8) is 0 Å². The van der Waals surface area contributed by atoms with Crippen LogP contribution in [0.2, 0.25) is 0 Å². The van der Waals surface area contributed by atoms with E-state index in [-0.39, 0.29) is 12.1 Å². The summed E-state index contributed by atoms with van der Waals surface area (Å²) in [6, 6.07) is 8.20. The van der Waals surface area contributed by atoms with Crippen molar-refractivity contribution in [2.45, 2.75) is 38.5 Å². The normalized spacial score (nSPS) is 22.1. The summed E-state index contributed by atoms with van der Waals surface area (Å²) in [6.45, 7) is 3.33. The second kappa shape index (κ2) is 6.46. The number of hydrogen-bond acceptors (Lipinski definition) is 5. The molecule has 2 N–H and O–H groups in total. The topological polar surface area (TPSA) is 74.3 Å². The summed E-state index contributed by atoms with van der Waals surface area (Å²) in [6.07, 6.45) is 1.23. The van der Waals surface area contributed by atoms with Gasteiger partial charge < -0.3 is 9.84 Å². The minimum atomic E-state index is -0.315. The quantitative estimate of drug-likeness (QED) is 0.879. The van der Waals surface area contributed by atoms with E-state index in [0.29, 0.717) is 13.1 Å². The standard InChI is InChI=1S/C16H22N4O2/c1-3-15-17-16(19-18-15)10-20-9-12(21)8-14(20)11-5-4-6-13(7-11)22-2/h4-7,12,14,21H,3,8-10H2,1-2H3,(H,17,18,19)/t12-,14-/m0/s1. The molecule has 0 bridgehead atoms. The van der Waals surface area contributed by atoms with Crippen LogP contribution in [0.15, 0.2) is 24.3 Å². The Labute approximate surface area is 130 Å². The maximum Gasteiger partial charge on any atom is 0.150 e. The van der Waals surface area contributed by atoms with Crippen LogP contribution >= 0.6 is 0 Å². The smallest absolute Gasteiger partial charge is 0.150 e. The molecule has 6 nitrogen and oxygen atoms in total. The highest BCUT2D eigenvalue weighted by Gasteiger charge is 2.32. The fourth-order valence-corrected chi connectivity index (χ4v) is 3.01. The number of nitrogens with one attached hydrogen (secondary N) is 1. The third-order valence-electron chi connectivity index (χ3n) is 4.11. The van der Waals surface area contributed by atoms with Gasteiger partial charge in [-0.25, -0.2) is 4.98 Å². The molecule has 0 spiro atoms. The molecule has 2 heterocycles. The van der Waals surface area contributed by atoms with Crippen molar-refractivity contribution in [2.24, 2.45) is 0 Å². The summed E-state index contributed by atoms with van der Waals surface area (Å²) in [7, 11) is 1.67. The van der Waals surface area contributed by atoms with E-state index < -0.39 is 0 Å². The summed E-state index contributed by atoms with van der Waals surface area (Å²) in [5.41, 5.74) is 1.16. The number of hydrogen-bond donors (Lipinski definition) is 2. The van der Waals surface area contributed by atoms with Crippen molar-refractivity contribution < 1.29 is 9.84 Å². The molecule has 0 amide bonds. The second-order valence-electron chi connectivity index (χ2n) is 5.66. The average Bonchev–Trinajstić information content (AvgIpc) is 3.14. The van der Waals surface area contributed by atoms with E-state index in [9.17, 15) is 5.11 Å². The lowest BCUT2D eigenvalue weighted by molar-refractivity contribution is 0.171. The fraction of sp³-hybridized carbons (Fsp3) is 0.500. The summed E-state index contributed by atoms with van der Waals surface area (Å²) in [5, 5.41) is 17.2. The van der Waals surface area contributed by atoms with Gasteiger partial charge in [-0.3, -0.25) is 10.00 Å². The van der Waals surface area contributed by atoms with Gasteiger partial charge in [-0.15, -0.1) is 0 Å². The van der Waals surface area contributed by atoms with E-state index in [2.05, 4.69) is 26.1 Å². The maximum absolute atomic E-state index is 10.1. The molecule has 1 aromatic carbocycles. The van der Waals surface area contributed by atoms with Crippen LogP contribution in [0.3, 0.4) is 0 Å². The van der Waals surface area contributed by atoms with Crippen molar-refractivity contribution in [1.82, 2.24) is 20.1 Å². The number of methoxy groups -OCH3 is 1. The Morgan fingerprint density at radius 2 is 2.32 bits per heavy atom. The van der Waals surface area contributed by atoms with Gasteiger partial charge in [0.2, 0.25) is 0 Å². The minimum Gasteiger partial charge on any atom is -0.497 e. The molecular weight excluding hydrogens is 280 g/mol. The molecule has 3 rings (SSSR count). The van der Waals surface area contributed by atoms with E-state index in [1.807, 2.05) is 25.1 Å². The lowest BCUT2D eigenvalue weighted by Crippen LogP contribution is -2.25. The van der Waals surface area contributed by atoms with Gasteiger partial charge >= 0.3 is 0 Å². The first-order valence-electron chi connectivity index (χ1n) is 7.65. The van der Waals surface area contributed by atoms with Gasteiger partial charge in [0.25, 0.3) is 0 Å². The van der Waals surface area contributed by atoms with Crippen LogP contribution in [0.1, 0.15) is 36.6 Å². The van der Waals surface area contributed by atoms with Gasteiger partial charge in [0.05, 0.1) is 19.8 Å². The number of H-pyrrole nitrogens is 1. The Bertz CT molecular complexity index is 628. The van der Waals surface area contributed by atoms with E-state index in [0.717, 1.165) is 35.8 Å². The number of ether oxygens (including phenoxy) is 1. The number of likely N-dealkylation sites (tertiary alicyclic amines) is 1. The SMILES string of the molecule is CCc1n[nH]c(CN2C[C@@H](O)C[C@H]2c2cccc(OC)c2)n1. The summed E-state index contributed by atoms with van der Waals surface area (Å²) in [5.74, 6) is 2.51. The van der Waals surface area contributed by atoms with Crippen LogP contribution < -0.4 is 4.74 Å². The Kier molecular flexibility index (Phi) is 4.40. The van der Waals surface area contributed by atoms with Gasteiger partial charge in [0.15, 0.2) is 0 Å². The lowest BCUT2D eigenvalue weighted by Gasteiger charge is -2.23. The number of aliphatic hydroxyl groups excluding tert-OH is 1. The predicted octanol–water partition coefficient (Wildman–Crippen LogP) is 1.68. The largest absolute Gasteiger partial charge is 0.497 e. The maximum atomic E-state index is 10.1. The fourth-order valence-electron chi connectivity index (χ4n) is 3.01. The van der Waals surface area contributed by atoms with Crippen LogP contribution in [0.25, 0.3) is 0 Å². The molecule has 22 heavy (non-hydrogen) atoms. The van der Waals surface area contributed by atoms with Gasteiger partial charge in [0.1, 0.15) is 17.4 Å². The molecule has 2 atom stereocenters. The summed E-state index contributed by atoms with van der Waals surface area (Å²) in [4.78, 5) is 6.70. The highest BCUT2D eigenvalue weighted by molar-refractivity contribution is 5.31. The van der Waals surface area contributed by atoms with Crippen LogP contribution in [-0.2, 0) is 13.0 Å². The molecule has 0 unspecified atom stereocenters. The number of aliphatic hydroxyl groups is 1. The predicted molar refractivity (Wildman–Crippen MR) is 82.5 cm³/mol. The summed E-state index contributed by atoms with van der Waals surface area (Å²) >= 11 is 0. The van der Waals surface area contributed by atoms with E-state index in [4.69, 9.17) is 4.74 Å². The van der Waals surface area contributed by atoms with Crippen molar-refractivity contribution in [3.05, 3.63) is 41.5 Å². The molecule has 0 radical (unpaired) electrons. The molecule has 2 aromatic rings. The van der Waals surface area contributed by atoms with E-state index in [1.54, 1.807) is 7.11 Å². The summed E-state index contributed by atoms with van der Waals surface area (Å²) < 4.78 is 5.30.